The van der Waals surface area contributed by atoms with Crippen LogP contribution in [0.25, 0.3) is 10.6 Å². The predicted octanol–water partition coefficient (Wildman–Crippen LogP) is 1.30. The van der Waals surface area contributed by atoms with Crippen molar-refractivity contribution in [1.29, 1.82) is 0 Å². The smallest absolute Gasteiger partial charge is 0.267 e. The predicted molar refractivity (Wildman–Crippen MR) is 53.9 cm³/mol. The first-order valence-corrected chi connectivity index (χ1v) is 4.81. The second-order valence-electron chi connectivity index (χ2n) is 2.64. The number of carbonyl (C=O) groups excluding carboxylic acids is 1. The van der Waals surface area contributed by atoms with Crippen LogP contribution in [0.3, 0.4) is 0 Å². The zero-order valence-corrected chi connectivity index (χ0v) is 7.99. The molecule has 0 aliphatic heterocycles. The van der Waals surface area contributed by atoms with Crippen molar-refractivity contribution in [3.8, 4) is 10.6 Å². The molecule has 0 aliphatic carbocycles. The highest BCUT2D eigenvalue weighted by molar-refractivity contribution is 7.13. The number of thiazole rings is 1. The summed E-state index contributed by atoms with van der Waals surface area (Å²) >= 11 is 1.47. The molecular weight excluding hydrogens is 198 g/mol. The lowest BCUT2D eigenvalue weighted by molar-refractivity contribution is 0.0995. The quantitative estimate of drug-likeness (QED) is 0.803. The van der Waals surface area contributed by atoms with Crippen LogP contribution in [-0.2, 0) is 0 Å². The maximum atomic E-state index is 10.9. The van der Waals surface area contributed by atoms with Gasteiger partial charge in [-0.3, -0.25) is 9.78 Å². The van der Waals surface area contributed by atoms with Gasteiger partial charge in [-0.2, -0.15) is 0 Å². The fourth-order valence-corrected chi connectivity index (χ4v) is 1.64. The van der Waals surface area contributed by atoms with Gasteiger partial charge in [0.2, 0.25) is 0 Å². The summed E-state index contributed by atoms with van der Waals surface area (Å²) in [6, 6.07) is 5.16. The highest BCUT2D eigenvalue weighted by atomic mass is 32.1. The van der Waals surface area contributed by atoms with Crippen molar-refractivity contribution in [2.24, 2.45) is 5.73 Å². The van der Waals surface area contributed by atoms with E-state index in [4.69, 9.17) is 5.73 Å². The van der Waals surface area contributed by atoms with E-state index in [1.807, 2.05) is 6.07 Å². The van der Waals surface area contributed by atoms with Gasteiger partial charge >= 0.3 is 0 Å². The molecule has 1 amide bonds. The first-order chi connectivity index (χ1) is 6.77. The molecule has 0 spiro atoms. The standard InChI is InChI=1S/C9H7N3OS/c10-9(13)7-3-1-2-6(12-7)8-4-11-5-14-8/h1-5H,(H2,10,13). The van der Waals surface area contributed by atoms with E-state index < -0.39 is 5.91 Å². The summed E-state index contributed by atoms with van der Waals surface area (Å²) in [6.45, 7) is 0. The van der Waals surface area contributed by atoms with Crippen molar-refractivity contribution in [2.45, 2.75) is 0 Å². The number of carbonyl (C=O) groups is 1. The van der Waals surface area contributed by atoms with Crippen LogP contribution in [0.1, 0.15) is 10.5 Å². The monoisotopic (exact) mass is 205 g/mol. The zero-order chi connectivity index (χ0) is 9.97. The maximum absolute atomic E-state index is 10.9. The van der Waals surface area contributed by atoms with Gasteiger partial charge in [0.1, 0.15) is 5.69 Å². The van der Waals surface area contributed by atoms with Gasteiger partial charge in [0, 0.05) is 6.20 Å². The molecule has 0 unspecified atom stereocenters. The maximum Gasteiger partial charge on any atom is 0.267 e. The molecule has 0 saturated carbocycles. The Bertz CT molecular complexity index is 453. The van der Waals surface area contributed by atoms with Gasteiger partial charge in [0.15, 0.2) is 0 Å². The van der Waals surface area contributed by atoms with Crippen molar-refractivity contribution in [2.75, 3.05) is 0 Å². The van der Waals surface area contributed by atoms with Crippen LogP contribution in [0.2, 0.25) is 0 Å². The Morgan fingerprint density at radius 3 is 2.93 bits per heavy atom. The molecule has 4 nitrogen and oxygen atoms in total. The molecule has 0 radical (unpaired) electrons. The average molecular weight is 205 g/mol. The van der Waals surface area contributed by atoms with E-state index in [2.05, 4.69) is 9.97 Å². The second-order valence-corrected chi connectivity index (χ2v) is 3.52. The second kappa shape index (κ2) is 3.55. The van der Waals surface area contributed by atoms with Crippen LogP contribution in [0.15, 0.2) is 29.9 Å². The SMILES string of the molecule is NC(=O)c1cccc(-c2cncs2)n1. The number of nitrogens with zero attached hydrogens (tertiary/aromatic N) is 2. The first-order valence-electron chi connectivity index (χ1n) is 3.93. The third-order valence-electron chi connectivity index (χ3n) is 1.69. The van der Waals surface area contributed by atoms with Crippen molar-refractivity contribution >= 4 is 17.2 Å². The molecule has 0 saturated heterocycles. The van der Waals surface area contributed by atoms with Crippen LogP contribution < -0.4 is 5.73 Å². The highest BCUT2D eigenvalue weighted by Gasteiger charge is 2.05. The van der Waals surface area contributed by atoms with Crippen LogP contribution >= 0.6 is 11.3 Å². The summed E-state index contributed by atoms with van der Waals surface area (Å²) in [6.07, 6.45) is 1.71. The number of nitrogens with two attached hydrogens (primary N) is 1. The molecule has 0 fully saturated rings. The van der Waals surface area contributed by atoms with Crippen LogP contribution in [0, 0.1) is 0 Å². The summed E-state index contributed by atoms with van der Waals surface area (Å²) in [5, 5.41) is 0. The van der Waals surface area contributed by atoms with E-state index in [1.165, 1.54) is 11.3 Å². The number of amides is 1. The molecule has 2 heterocycles. The molecule has 14 heavy (non-hydrogen) atoms. The summed E-state index contributed by atoms with van der Waals surface area (Å²) in [5.74, 6) is -0.517. The first kappa shape index (κ1) is 8.83. The molecule has 70 valence electrons. The molecule has 0 aromatic carbocycles. The normalized spacial score (nSPS) is 10.0. The minimum absolute atomic E-state index is 0.274. The Morgan fingerprint density at radius 1 is 1.43 bits per heavy atom. The third kappa shape index (κ3) is 1.62. The average Bonchev–Trinajstić information content (AvgIpc) is 2.71. The van der Waals surface area contributed by atoms with E-state index in [-0.39, 0.29) is 5.69 Å². The fourth-order valence-electron chi connectivity index (χ4n) is 1.05. The summed E-state index contributed by atoms with van der Waals surface area (Å²) < 4.78 is 0. The van der Waals surface area contributed by atoms with Gasteiger partial charge in [-0.15, -0.1) is 11.3 Å². The molecule has 0 aliphatic rings. The van der Waals surface area contributed by atoms with Gasteiger partial charge < -0.3 is 5.73 Å². The lowest BCUT2D eigenvalue weighted by atomic mass is 10.3. The molecule has 2 aromatic rings. The topological polar surface area (TPSA) is 68.9 Å². The van der Waals surface area contributed by atoms with Gasteiger partial charge in [-0.25, -0.2) is 4.98 Å². The summed E-state index contributed by atoms with van der Waals surface area (Å²) in [5.41, 5.74) is 7.84. The number of hydrogen-bond acceptors (Lipinski definition) is 4. The number of pyridine rings is 1. The van der Waals surface area contributed by atoms with Gasteiger partial charge in [-0.05, 0) is 12.1 Å². The Hall–Kier alpha value is -1.75. The van der Waals surface area contributed by atoms with Gasteiger partial charge in [0.05, 0.1) is 16.1 Å². The number of rotatable bonds is 2. The van der Waals surface area contributed by atoms with E-state index in [0.717, 1.165) is 10.6 Å². The van der Waals surface area contributed by atoms with Crippen molar-refractivity contribution < 1.29 is 4.79 Å². The zero-order valence-electron chi connectivity index (χ0n) is 7.18. The Morgan fingerprint density at radius 2 is 2.29 bits per heavy atom. The Kier molecular flexibility index (Phi) is 2.24. The minimum atomic E-state index is -0.517. The molecule has 2 N–H and O–H groups in total. The lowest BCUT2D eigenvalue weighted by Crippen LogP contribution is -2.12. The van der Waals surface area contributed by atoms with E-state index >= 15 is 0 Å². The van der Waals surface area contributed by atoms with Gasteiger partial charge in [-0.1, -0.05) is 6.07 Å². The summed E-state index contributed by atoms with van der Waals surface area (Å²) in [7, 11) is 0. The molecule has 2 rings (SSSR count). The molecule has 0 bridgehead atoms. The Labute approximate surface area is 84.4 Å². The highest BCUT2D eigenvalue weighted by Crippen LogP contribution is 2.20. The van der Waals surface area contributed by atoms with Crippen molar-refractivity contribution in [1.82, 2.24) is 9.97 Å². The molecule has 2 aromatic heterocycles. The number of primary amides is 1. The summed E-state index contributed by atoms with van der Waals surface area (Å²) in [4.78, 5) is 19.8. The lowest BCUT2D eigenvalue weighted by Gasteiger charge is -1.97. The minimum Gasteiger partial charge on any atom is -0.364 e. The van der Waals surface area contributed by atoms with Crippen LogP contribution in [0.5, 0.6) is 0 Å². The fraction of sp³-hybridized carbons (Fsp3) is 0. The Balaban J connectivity index is 2.46. The molecule has 0 atom stereocenters. The van der Waals surface area contributed by atoms with Gasteiger partial charge in [0.25, 0.3) is 5.91 Å². The van der Waals surface area contributed by atoms with Crippen LogP contribution in [0.4, 0.5) is 0 Å². The molecular formula is C9H7N3OS. The largest absolute Gasteiger partial charge is 0.364 e. The number of hydrogen-bond donors (Lipinski definition) is 1. The third-order valence-corrected chi connectivity index (χ3v) is 2.48. The molecule has 5 heteroatoms. The van der Waals surface area contributed by atoms with E-state index in [0.29, 0.717) is 0 Å². The van der Waals surface area contributed by atoms with Crippen molar-refractivity contribution in [3.63, 3.8) is 0 Å². The van der Waals surface area contributed by atoms with Crippen molar-refractivity contribution in [3.05, 3.63) is 35.6 Å². The number of aromatic nitrogens is 2. The van der Waals surface area contributed by atoms with Crippen LogP contribution in [-0.4, -0.2) is 15.9 Å². The van der Waals surface area contributed by atoms with E-state index in [1.54, 1.807) is 23.8 Å². The van der Waals surface area contributed by atoms with E-state index in [9.17, 15) is 4.79 Å².